The molecular weight excluding hydrogens is 404 g/mol. The lowest BCUT2D eigenvalue weighted by atomic mass is 10.1. The molecule has 0 aliphatic heterocycles. The maximum absolute atomic E-state index is 12.8. The molecule has 0 aliphatic carbocycles. The maximum atomic E-state index is 12.8. The van der Waals surface area contributed by atoms with Gasteiger partial charge in [-0.1, -0.05) is 35.9 Å². The molecule has 6 heteroatoms. The fraction of sp³-hybridized carbons (Fsp3) is 0.130. The highest BCUT2D eigenvalue weighted by Crippen LogP contribution is 2.32. The van der Waals surface area contributed by atoms with Crippen molar-refractivity contribution in [3.8, 4) is 16.3 Å². The van der Waals surface area contributed by atoms with Gasteiger partial charge in [0.15, 0.2) is 0 Å². The van der Waals surface area contributed by atoms with Gasteiger partial charge >= 0.3 is 0 Å². The number of fused-ring (bicyclic) bond motifs is 1. The molecule has 4 rings (SSSR count). The third-order valence-electron chi connectivity index (χ3n) is 4.52. The van der Waals surface area contributed by atoms with Crippen molar-refractivity contribution in [3.63, 3.8) is 0 Å². The Kier molecular flexibility index (Phi) is 5.51. The van der Waals surface area contributed by atoms with E-state index in [1.165, 1.54) is 0 Å². The van der Waals surface area contributed by atoms with E-state index >= 15 is 0 Å². The summed E-state index contributed by atoms with van der Waals surface area (Å²) in [4.78, 5) is 17.5. The second-order valence-corrected chi connectivity index (χ2v) is 7.99. The Morgan fingerprint density at radius 3 is 2.72 bits per heavy atom. The van der Waals surface area contributed by atoms with Crippen LogP contribution in [0.3, 0.4) is 0 Å². The molecule has 1 amide bonds. The highest BCUT2D eigenvalue weighted by atomic mass is 35.5. The van der Waals surface area contributed by atoms with Gasteiger partial charge in [0.2, 0.25) is 0 Å². The number of aryl methyl sites for hydroxylation is 1. The summed E-state index contributed by atoms with van der Waals surface area (Å²) < 4.78 is 6.57. The fourth-order valence-corrected chi connectivity index (χ4v) is 4.19. The molecule has 0 saturated heterocycles. The Labute approximate surface area is 178 Å². The van der Waals surface area contributed by atoms with Crippen molar-refractivity contribution >= 4 is 44.7 Å². The predicted octanol–water partition coefficient (Wildman–Crippen LogP) is 6.58. The molecule has 29 heavy (non-hydrogen) atoms. The maximum Gasteiger partial charge on any atom is 0.255 e. The molecule has 146 valence electrons. The van der Waals surface area contributed by atoms with Crippen LogP contribution in [0.1, 0.15) is 22.8 Å². The van der Waals surface area contributed by atoms with Crippen molar-refractivity contribution in [1.29, 1.82) is 0 Å². The Morgan fingerprint density at radius 1 is 1.14 bits per heavy atom. The number of benzene rings is 3. The van der Waals surface area contributed by atoms with Crippen molar-refractivity contribution in [2.45, 2.75) is 13.8 Å². The van der Waals surface area contributed by atoms with Crippen molar-refractivity contribution < 1.29 is 9.53 Å². The minimum atomic E-state index is -0.223. The fourth-order valence-electron chi connectivity index (χ4n) is 2.99. The van der Waals surface area contributed by atoms with Crippen LogP contribution < -0.4 is 10.1 Å². The highest BCUT2D eigenvalue weighted by Gasteiger charge is 2.13. The molecule has 0 aliphatic rings. The zero-order chi connectivity index (χ0) is 20.4. The first kappa shape index (κ1) is 19.4. The molecule has 0 unspecified atom stereocenters. The first-order chi connectivity index (χ1) is 14.0. The van der Waals surface area contributed by atoms with Gasteiger partial charge in [-0.05, 0) is 55.8 Å². The average molecular weight is 423 g/mol. The smallest absolute Gasteiger partial charge is 0.255 e. The Morgan fingerprint density at radius 2 is 1.97 bits per heavy atom. The standard InChI is InChI=1S/C23H19ClN2O2S/c1-3-28-20-11-10-15(12-17(20)24)22(27)25-19-13-16(9-8-14(19)2)23-26-18-6-4-5-7-21(18)29-23/h4-13H,3H2,1-2H3,(H,25,27). The van der Waals surface area contributed by atoms with E-state index in [1.54, 1.807) is 29.5 Å². The molecule has 0 radical (unpaired) electrons. The highest BCUT2D eigenvalue weighted by molar-refractivity contribution is 7.21. The molecule has 0 spiro atoms. The lowest BCUT2D eigenvalue weighted by Gasteiger charge is -2.11. The van der Waals surface area contributed by atoms with E-state index in [-0.39, 0.29) is 5.91 Å². The van der Waals surface area contributed by atoms with Gasteiger partial charge in [-0.2, -0.15) is 0 Å². The van der Waals surface area contributed by atoms with E-state index in [0.717, 1.165) is 32.0 Å². The number of carbonyl (C=O) groups is 1. The summed E-state index contributed by atoms with van der Waals surface area (Å²) in [5.74, 6) is 0.347. The summed E-state index contributed by atoms with van der Waals surface area (Å²) in [5, 5.41) is 4.33. The normalized spacial score (nSPS) is 10.9. The van der Waals surface area contributed by atoms with Gasteiger partial charge in [-0.15, -0.1) is 11.3 Å². The molecule has 4 nitrogen and oxygen atoms in total. The lowest BCUT2D eigenvalue weighted by molar-refractivity contribution is 0.102. The Hall–Kier alpha value is -2.89. The van der Waals surface area contributed by atoms with E-state index in [0.29, 0.717) is 22.9 Å². The molecule has 4 aromatic rings. The number of aromatic nitrogens is 1. The van der Waals surface area contributed by atoms with Crippen molar-refractivity contribution in [1.82, 2.24) is 4.98 Å². The van der Waals surface area contributed by atoms with Crippen LogP contribution in [0, 0.1) is 6.92 Å². The number of nitrogens with zero attached hydrogens (tertiary/aromatic N) is 1. The van der Waals surface area contributed by atoms with Crippen LogP contribution in [-0.2, 0) is 0 Å². The van der Waals surface area contributed by atoms with E-state index in [2.05, 4.69) is 11.4 Å². The molecule has 0 fully saturated rings. The van der Waals surface area contributed by atoms with Gasteiger partial charge in [0.25, 0.3) is 5.91 Å². The van der Waals surface area contributed by atoms with Gasteiger partial charge in [0.05, 0.1) is 21.8 Å². The molecule has 1 N–H and O–H groups in total. The first-order valence-corrected chi connectivity index (χ1v) is 10.4. The monoisotopic (exact) mass is 422 g/mol. The third kappa shape index (κ3) is 4.11. The molecular formula is C23H19ClN2O2S. The van der Waals surface area contributed by atoms with Crippen LogP contribution in [0.25, 0.3) is 20.8 Å². The number of nitrogens with one attached hydrogen (secondary N) is 1. The van der Waals surface area contributed by atoms with E-state index in [4.69, 9.17) is 21.3 Å². The van der Waals surface area contributed by atoms with Crippen LogP contribution in [-0.4, -0.2) is 17.5 Å². The quantitative estimate of drug-likeness (QED) is 0.395. The van der Waals surface area contributed by atoms with Gasteiger partial charge in [-0.3, -0.25) is 4.79 Å². The zero-order valence-electron chi connectivity index (χ0n) is 16.0. The molecule has 0 atom stereocenters. The number of anilines is 1. The summed E-state index contributed by atoms with van der Waals surface area (Å²) in [5.41, 5.74) is 4.14. The number of thiazole rings is 1. The minimum Gasteiger partial charge on any atom is -0.492 e. The van der Waals surface area contributed by atoms with Crippen LogP contribution in [0.4, 0.5) is 5.69 Å². The van der Waals surface area contributed by atoms with Crippen molar-refractivity contribution in [3.05, 3.63) is 76.8 Å². The lowest BCUT2D eigenvalue weighted by Crippen LogP contribution is -2.13. The molecule has 0 saturated carbocycles. The van der Waals surface area contributed by atoms with Crippen molar-refractivity contribution in [2.24, 2.45) is 0 Å². The minimum absolute atomic E-state index is 0.223. The number of hydrogen-bond acceptors (Lipinski definition) is 4. The molecule has 0 bridgehead atoms. The molecule has 1 aromatic heterocycles. The third-order valence-corrected chi connectivity index (χ3v) is 5.90. The number of hydrogen-bond donors (Lipinski definition) is 1. The van der Waals surface area contributed by atoms with Gasteiger partial charge in [0.1, 0.15) is 10.8 Å². The van der Waals surface area contributed by atoms with Crippen molar-refractivity contribution in [2.75, 3.05) is 11.9 Å². The zero-order valence-corrected chi connectivity index (χ0v) is 17.6. The number of rotatable bonds is 5. The topological polar surface area (TPSA) is 51.2 Å². The summed E-state index contributed by atoms with van der Waals surface area (Å²) in [6.07, 6.45) is 0. The van der Waals surface area contributed by atoms with Crippen LogP contribution in [0.5, 0.6) is 5.75 Å². The summed E-state index contributed by atoms with van der Waals surface area (Å²) >= 11 is 7.85. The Balaban J connectivity index is 1.61. The van der Waals surface area contributed by atoms with E-state index in [9.17, 15) is 4.79 Å². The summed E-state index contributed by atoms with van der Waals surface area (Å²) in [6.45, 7) is 4.37. The SMILES string of the molecule is CCOc1ccc(C(=O)Nc2cc(-c3nc4ccccc4s3)ccc2C)cc1Cl. The number of carbonyl (C=O) groups excluding carboxylic acids is 1. The second-order valence-electron chi connectivity index (χ2n) is 6.55. The van der Waals surface area contributed by atoms with Gasteiger partial charge in [0, 0.05) is 16.8 Å². The predicted molar refractivity (Wildman–Crippen MR) is 120 cm³/mol. The van der Waals surface area contributed by atoms with Crippen LogP contribution in [0.2, 0.25) is 5.02 Å². The number of ether oxygens (including phenoxy) is 1. The number of para-hydroxylation sites is 1. The second kappa shape index (κ2) is 8.23. The first-order valence-electron chi connectivity index (χ1n) is 9.25. The largest absolute Gasteiger partial charge is 0.492 e. The Bertz CT molecular complexity index is 1170. The van der Waals surface area contributed by atoms with E-state index < -0.39 is 0 Å². The number of amides is 1. The van der Waals surface area contributed by atoms with E-state index in [1.807, 2.05) is 50.2 Å². The van der Waals surface area contributed by atoms with Crippen LogP contribution >= 0.6 is 22.9 Å². The average Bonchev–Trinajstić information content (AvgIpc) is 3.15. The van der Waals surface area contributed by atoms with Gasteiger partial charge in [-0.25, -0.2) is 4.98 Å². The summed E-state index contributed by atoms with van der Waals surface area (Å²) in [6, 6.07) is 19.1. The van der Waals surface area contributed by atoms with Gasteiger partial charge < -0.3 is 10.1 Å². The summed E-state index contributed by atoms with van der Waals surface area (Å²) in [7, 11) is 0. The van der Waals surface area contributed by atoms with Crippen LogP contribution in [0.15, 0.2) is 60.7 Å². The number of halogens is 1. The molecule has 3 aromatic carbocycles. The molecule has 1 heterocycles.